The lowest BCUT2D eigenvalue weighted by molar-refractivity contribution is -0.140. The molecule has 0 aliphatic carbocycles. The maximum absolute atomic E-state index is 12.2. The molecule has 0 aromatic rings. The molecule has 2 heterocycles. The molecule has 1 saturated heterocycles. The predicted molar refractivity (Wildman–Crippen MR) is 209 cm³/mol. The van der Waals surface area contributed by atoms with E-state index in [1.54, 1.807) is 20.9 Å². The zero-order valence-electron chi connectivity index (χ0n) is 34.2. The number of hydrogen-bond acceptors (Lipinski definition) is 14. The number of ether oxygens (including phenoxy) is 2. The van der Waals surface area contributed by atoms with Gasteiger partial charge in [0.25, 0.3) is 11.8 Å². The lowest BCUT2D eigenvalue weighted by atomic mass is 10.1. The van der Waals surface area contributed by atoms with Gasteiger partial charge in [0.05, 0.1) is 19.3 Å². The molecule has 22 heteroatoms. The van der Waals surface area contributed by atoms with Gasteiger partial charge in [0, 0.05) is 103 Å². The topological polar surface area (TPSA) is 297 Å². The third kappa shape index (κ3) is 22.6. The maximum atomic E-state index is 12.2. The Morgan fingerprint density at radius 1 is 0.627 bits per heavy atom. The van der Waals surface area contributed by atoms with Crippen molar-refractivity contribution < 1.29 is 62.2 Å². The van der Waals surface area contributed by atoms with Crippen molar-refractivity contribution in [3.8, 4) is 0 Å². The van der Waals surface area contributed by atoms with Crippen LogP contribution in [0.2, 0.25) is 0 Å². The number of rotatable bonds is 26. The van der Waals surface area contributed by atoms with Gasteiger partial charge in [-0.25, -0.2) is 9.59 Å². The fourth-order valence-electron chi connectivity index (χ4n) is 5.34. The van der Waals surface area contributed by atoms with Crippen molar-refractivity contribution in [3.63, 3.8) is 0 Å². The van der Waals surface area contributed by atoms with Gasteiger partial charge in [0.1, 0.15) is 0 Å². The molecule has 7 N–H and O–H groups in total. The number of amides is 10. The van der Waals surface area contributed by atoms with E-state index in [0.29, 0.717) is 32.4 Å². The minimum absolute atomic E-state index is 0.00954. The van der Waals surface area contributed by atoms with Gasteiger partial charge in [-0.05, 0) is 47.1 Å². The minimum Gasteiger partial charge on any atom is -0.450 e. The van der Waals surface area contributed by atoms with Gasteiger partial charge < -0.3 is 46.7 Å². The summed E-state index contributed by atoms with van der Waals surface area (Å²) in [4.78, 5) is 130. The maximum Gasteiger partial charge on any atom is 0.407 e. The molecular formula is C37H59N9O13. The molecule has 330 valence electrons. The summed E-state index contributed by atoms with van der Waals surface area (Å²) in [5.41, 5.74) is 0. The molecule has 0 aromatic carbocycles. The zero-order valence-corrected chi connectivity index (χ0v) is 34.2. The number of carbonyl (C=O) groups excluding carboxylic acids is 11. The molecule has 2 rings (SSSR count). The predicted octanol–water partition coefficient (Wildman–Crippen LogP) is -1.72. The summed E-state index contributed by atoms with van der Waals surface area (Å²) >= 11 is 0. The van der Waals surface area contributed by atoms with Crippen LogP contribution in [0.25, 0.3) is 0 Å². The van der Waals surface area contributed by atoms with Crippen LogP contribution in [0.5, 0.6) is 0 Å². The van der Waals surface area contributed by atoms with Gasteiger partial charge in [-0.15, -0.1) is 0 Å². The second-order valence-electron chi connectivity index (χ2n) is 13.1. The number of Topliss-reactive ketones (excluding diaryl/α,β-unsaturated/α-hetero) is 1. The van der Waals surface area contributed by atoms with Crippen LogP contribution in [0, 0.1) is 0 Å². The summed E-state index contributed by atoms with van der Waals surface area (Å²) in [7, 11) is 1.62. The van der Waals surface area contributed by atoms with E-state index in [9.17, 15) is 52.7 Å². The van der Waals surface area contributed by atoms with E-state index in [4.69, 9.17) is 9.47 Å². The molecule has 22 nitrogen and oxygen atoms in total. The highest BCUT2D eigenvalue weighted by Crippen LogP contribution is 2.11. The van der Waals surface area contributed by atoms with Crippen molar-refractivity contribution in [1.82, 2.24) is 47.0 Å². The normalized spacial score (nSPS) is 14.1. The van der Waals surface area contributed by atoms with E-state index in [1.807, 2.05) is 0 Å². The van der Waals surface area contributed by atoms with E-state index in [-0.39, 0.29) is 126 Å². The number of ketones is 1. The largest absolute Gasteiger partial charge is 0.450 e. The summed E-state index contributed by atoms with van der Waals surface area (Å²) in [5.74, 6) is -2.93. The molecule has 0 radical (unpaired) electrons. The smallest absolute Gasteiger partial charge is 0.407 e. The number of carbonyl (C=O) groups is 11. The van der Waals surface area contributed by atoms with Crippen LogP contribution < -0.4 is 37.2 Å². The highest BCUT2D eigenvalue weighted by atomic mass is 16.6. The molecule has 1 fully saturated rings. The Kier molecular flexibility index (Phi) is 25.4. The average Bonchev–Trinajstić information content (AvgIpc) is 3.69. The van der Waals surface area contributed by atoms with Gasteiger partial charge in [0.15, 0.2) is 5.78 Å². The first kappa shape index (κ1) is 51.1. The van der Waals surface area contributed by atoms with Gasteiger partial charge in [-0.1, -0.05) is 0 Å². The van der Waals surface area contributed by atoms with Gasteiger partial charge >= 0.3 is 12.2 Å². The molecule has 2 aliphatic rings. The SMILES string of the molecule is CCOC(=O)NCCCCC(NC(=O)OCC)C(C)=O.CNC(CC(=O)NCCNC(=O)CCN1C(=O)C=CC1=O)CC(=O)NCCNC(=O)CCN1C(=O)CCC1=O. The number of likely N-dealkylation sites (tertiary alicyclic amines) is 1. The van der Waals surface area contributed by atoms with Crippen molar-refractivity contribution in [2.45, 2.75) is 90.6 Å². The van der Waals surface area contributed by atoms with Crippen molar-refractivity contribution in [2.75, 3.05) is 66.1 Å². The van der Waals surface area contributed by atoms with Crippen LogP contribution in [0.15, 0.2) is 12.2 Å². The molecule has 10 amide bonds. The van der Waals surface area contributed by atoms with Gasteiger partial charge in [-0.2, -0.15) is 0 Å². The van der Waals surface area contributed by atoms with E-state index >= 15 is 0 Å². The van der Waals surface area contributed by atoms with Crippen molar-refractivity contribution >= 4 is 65.2 Å². The Labute approximate surface area is 343 Å². The average molecular weight is 838 g/mol. The number of nitrogens with one attached hydrogen (secondary N) is 7. The van der Waals surface area contributed by atoms with E-state index in [0.717, 1.165) is 22.0 Å². The van der Waals surface area contributed by atoms with Gasteiger partial charge in [-0.3, -0.25) is 53.0 Å². The Balaban J connectivity index is 0.000000734. The Hall–Kier alpha value is -5.93. The second-order valence-corrected chi connectivity index (χ2v) is 13.1. The molecule has 0 spiro atoms. The number of nitrogens with zero attached hydrogens (tertiary/aromatic N) is 2. The molecule has 0 aromatic heterocycles. The molecule has 2 aliphatic heterocycles. The van der Waals surface area contributed by atoms with Crippen LogP contribution in [-0.2, 0) is 52.6 Å². The van der Waals surface area contributed by atoms with E-state index in [1.165, 1.54) is 6.92 Å². The minimum atomic E-state index is -0.586. The standard InChI is InChI=1S/C24H35N7O8.C13H24N2O5/c1-25-16(14-19(34)28-10-8-26-17(32)6-12-30-21(36)2-3-22(30)37)15-20(35)29-11-9-27-18(33)7-13-31-23(38)4-5-24(31)39;1-4-19-12(17)14-9-7-6-8-11(10(3)16)15-13(18)20-5-2/h2-3,16,25H,4-15H2,1H3,(H,26,32)(H,27,33)(H,28,34)(H,29,35);11H,4-9H2,1-3H3,(H,14,17)(H,15,18). The third-order valence-corrected chi connectivity index (χ3v) is 8.51. The summed E-state index contributed by atoms with van der Waals surface area (Å²) in [6.07, 6.45) is 3.51. The number of unbranched alkanes of at least 4 members (excludes halogenated alkanes) is 1. The van der Waals surface area contributed by atoms with Crippen molar-refractivity contribution in [2.24, 2.45) is 0 Å². The molecule has 2 unspecified atom stereocenters. The van der Waals surface area contributed by atoms with Crippen LogP contribution in [0.4, 0.5) is 9.59 Å². The fourth-order valence-corrected chi connectivity index (χ4v) is 5.34. The first-order valence-electron chi connectivity index (χ1n) is 19.6. The summed E-state index contributed by atoms with van der Waals surface area (Å²) in [6, 6.07) is -0.981. The van der Waals surface area contributed by atoms with E-state index < -0.39 is 36.1 Å². The quantitative estimate of drug-likeness (QED) is 0.0377. The number of hydrogen-bond donors (Lipinski definition) is 7. The van der Waals surface area contributed by atoms with Crippen LogP contribution in [0.1, 0.15) is 78.6 Å². The Morgan fingerprint density at radius 2 is 1.08 bits per heavy atom. The molecule has 0 saturated carbocycles. The van der Waals surface area contributed by atoms with Crippen molar-refractivity contribution in [3.05, 3.63) is 12.2 Å². The molecule has 59 heavy (non-hydrogen) atoms. The third-order valence-electron chi connectivity index (χ3n) is 8.51. The fraction of sp³-hybridized carbons (Fsp3) is 0.649. The van der Waals surface area contributed by atoms with Gasteiger partial charge in [0.2, 0.25) is 35.4 Å². The number of alkyl carbamates (subject to hydrolysis) is 2. The lowest BCUT2D eigenvalue weighted by Crippen LogP contribution is -2.41. The molecule has 0 bridgehead atoms. The lowest BCUT2D eigenvalue weighted by Gasteiger charge is -2.16. The number of imide groups is 2. The summed E-state index contributed by atoms with van der Waals surface area (Å²) < 4.78 is 9.44. The Morgan fingerprint density at radius 3 is 1.54 bits per heavy atom. The summed E-state index contributed by atoms with van der Waals surface area (Å²) in [5, 5.41) is 18.5. The molecular weight excluding hydrogens is 778 g/mol. The highest BCUT2D eigenvalue weighted by Gasteiger charge is 2.29. The first-order valence-corrected chi connectivity index (χ1v) is 19.6. The molecule has 2 atom stereocenters. The highest BCUT2D eigenvalue weighted by molar-refractivity contribution is 6.13. The zero-order chi connectivity index (χ0) is 44.2. The monoisotopic (exact) mass is 837 g/mol. The second kappa shape index (κ2) is 29.3. The first-order chi connectivity index (χ1) is 28.1. The van der Waals surface area contributed by atoms with E-state index in [2.05, 4.69) is 37.2 Å². The Bertz CT molecular complexity index is 1450. The summed E-state index contributed by atoms with van der Waals surface area (Å²) in [6.45, 7) is 6.61. The van der Waals surface area contributed by atoms with Crippen LogP contribution in [-0.4, -0.2) is 153 Å². The van der Waals surface area contributed by atoms with Crippen molar-refractivity contribution in [1.29, 1.82) is 0 Å². The van der Waals surface area contributed by atoms with Crippen LogP contribution in [0.3, 0.4) is 0 Å². The van der Waals surface area contributed by atoms with Crippen LogP contribution >= 0.6 is 0 Å².